The van der Waals surface area contributed by atoms with Gasteiger partial charge >= 0.3 is 18.4 Å². The van der Waals surface area contributed by atoms with Gasteiger partial charge in [-0.15, -0.1) is 0 Å². The second-order valence-electron chi connectivity index (χ2n) is 8.26. The first-order valence-corrected chi connectivity index (χ1v) is 9.11. The van der Waals surface area contributed by atoms with Gasteiger partial charge in [-0.1, -0.05) is 13.8 Å². The van der Waals surface area contributed by atoms with Crippen LogP contribution in [0.1, 0.15) is 39.5 Å². The minimum atomic E-state index is -6.17. The van der Waals surface area contributed by atoms with E-state index in [0.717, 1.165) is 4.90 Å². The smallest absolute Gasteiger partial charge is 0.431 e. The van der Waals surface area contributed by atoms with E-state index in [1.54, 1.807) is 0 Å². The van der Waals surface area contributed by atoms with Gasteiger partial charge in [-0.2, -0.15) is 26.3 Å². The van der Waals surface area contributed by atoms with Crippen LogP contribution in [0.25, 0.3) is 0 Å². The molecular weight excluding hydrogens is 413 g/mol. The van der Waals surface area contributed by atoms with Gasteiger partial charge in [0.15, 0.2) is 0 Å². The number of carbonyl (C=O) groups excluding carboxylic acids is 2. The van der Waals surface area contributed by atoms with E-state index in [4.69, 9.17) is 4.74 Å². The highest BCUT2D eigenvalue weighted by Crippen LogP contribution is 2.49. The Hall–Kier alpha value is -1.75. The number of nitrogens with zero attached hydrogens (tertiary/aromatic N) is 2. The maximum absolute atomic E-state index is 13.7. The molecule has 2 rings (SSSR count). The molecule has 0 aromatic heterocycles. The summed E-state index contributed by atoms with van der Waals surface area (Å²) in [6, 6.07) is -0.253. The topological polar surface area (TPSA) is 49.9 Å². The Balaban J connectivity index is 1.92. The molecule has 168 valence electrons. The lowest BCUT2D eigenvalue weighted by Gasteiger charge is -2.44. The summed E-state index contributed by atoms with van der Waals surface area (Å²) in [5.41, 5.74) is -5.70. The molecule has 2 fully saturated rings. The quantitative estimate of drug-likeness (QED) is 0.625. The van der Waals surface area contributed by atoms with E-state index in [2.05, 4.69) is 0 Å². The number of cyclic esters (lactones) is 1. The van der Waals surface area contributed by atoms with E-state index in [0.29, 0.717) is 19.4 Å². The lowest BCUT2D eigenvalue weighted by molar-refractivity contribution is -0.343. The highest BCUT2D eigenvalue weighted by molar-refractivity contribution is 5.76. The molecule has 0 unspecified atom stereocenters. The van der Waals surface area contributed by atoms with Gasteiger partial charge in [0.25, 0.3) is 5.67 Å². The Morgan fingerprint density at radius 2 is 1.59 bits per heavy atom. The van der Waals surface area contributed by atoms with E-state index < -0.39 is 42.9 Å². The molecule has 2 saturated heterocycles. The summed E-state index contributed by atoms with van der Waals surface area (Å²) < 4.78 is 94.3. The van der Waals surface area contributed by atoms with Gasteiger partial charge in [-0.05, 0) is 12.8 Å². The fraction of sp³-hybridized carbons (Fsp3) is 0.882. The molecule has 12 heteroatoms. The Morgan fingerprint density at radius 3 is 2.07 bits per heavy atom. The molecule has 0 bridgehead atoms. The molecule has 0 aromatic rings. The molecule has 29 heavy (non-hydrogen) atoms. The zero-order valence-electron chi connectivity index (χ0n) is 16.0. The Morgan fingerprint density at radius 1 is 1.07 bits per heavy atom. The average molecular weight is 436 g/mol. The van der Waals surface area contributed by atoms with Gasteiger partial charge in [0.05, 0.1) is 6.61 Å². The minimum absolute atomic E-state index is 0.0467. The average Bonchev–Trinajstić information content (AvgIpc) is 2.59. The van der Waals surface area contributed by atoms with Gasteiger partial charge in [0, 0.05) is 43.9 Å². The van der Waals surface area contributed by atoms with Crippen LogP contribution in [0.4, 0.5) is 35.5 Å². The fourth-order valence-corrected chi connectivity index (χ4v) is 3.50. The van der Waals surface area contributed by atoms with Crippen LogP contribution in [-0.4, -0.2) is 72.1 Å². The predicted molar refractivity (Wildman–Crippen MR) is 86.6 cm³/mol. The molecule has 5 nitrogen and oxygen atoms in total. The van der Waals surface area contributed by atoms with Crippen LogP contribution in [0.15, 0.2) is 0 Å². The third-order valence-electron chi connectivity index (χ3n) is 5.26. The number of rotatable bonds is 4. The molecule has 2 aliphatic rings. The van der Waals surface area contributed by atoms with Crippen molar-refractivity contribution in [1.29, 1.82) is 0 Å². The number of halogens is 7. The number of amides is 2. The third-order valence-corrected chi connectivity index (χ3v) is 5.26. The van der Waals surface area contributed by atoms with Crippen LogP contribution >= 0.6 is 0 Å². The molecule has 0 saturated carbocycles. The van der Waals surface area contributed by atoms with Crippen LogP contribution in [0, 0.1) is 5.41 Å². The van der Waals surface area contributed by atoms with Gasteiger partial charge in [0.1, 0.15) is 0 Å². The minimum Gasteiger partial charge on any atom is -0.449 e. The number of hydrogen-bond donors (Lipinski definition) is 0. The molecule has 2 aliphatic heterocycles. The van der Waals surface area contributed by atoms with Crippen molar-refractivity contribution < 1.29 is 45.1 Å². The van der Waals surface area contributed by atoms with Crippen molar-refractivity contribution in [2.45, 2.75) is 63.6 Å². The number of alkyl halides is 7. The fourth-order valence-electron chi connectivity index (χ4n) is 3.50. The number of carbonyl (C=O) groups is 2. The van der Waals surface area contributed by atoms with Crippen molar-refractivity contribution in [3.63, 3.8) is 0 Å². The first-order chi connectivity index (χ1) is 13.1. The zero-order valence-corrected chi connectivity index (χ0v) is 16.0. The molecule has 2 heterocycles. The molecule has 0 radical (unpaired) electrons. The van der Waals surface area contributed by atoms with Crippen molar-refractivity contribution in [3.8, 4) is 0 Å². The van der Waals surface area contributed by atoms with Crippen molar-refractivity contribution in [1.82, 2.24) is 9.80 Å². The summed E-state index contributed by atoms with van der Waals surface area (Å²) in [6.45, 7) is 4.62. The maximum Gasteiger partial charge on any atom is 0.431 e. The second-order valence-corrected chi connectivity index (χ2v) is 8.26. The van der Waals surface area contributed by atoms with Crippen LogP contribution in [0.2, 0.25) is 0 Å². The van der Waals surface area contributed by atoms with Gasteiger partial charge in [-0.3, -0.25) is 4.79 Å². The summed E-state index contributed by atoms with van der Waals surface area (Å²) in [6.07, 6.45) is -15.5. The zero-order chi connectivity index (χ0) is 22.3. The predicted octanol–water partition coefficient (Wildman–Crippen LogP) is 4.07. The first kappa shape index (κ1) is 23.5. The Labute approximate surface area is 163 Å². The molecule has 0 atom stereocenters. The Kier molecular flexibility index (Phi) is 6.35. The summed E-state index contributed by atoms with van der Waals surface area (Å²) in [4.78, 5) is 26.7. The molecule has 0 aromatic carbocycles. The molecule has 2 amide bonds. The molecular formula is C17H23F7N2O3. The molecule has 0 N–H and O–H groups in total. The van der Waals surface area contributed by atoms with E-state index in [1.165, 1.54) is 4.90 Å². The Bertz CT molecular complexity index is 611. The van der Waals surface area contributed by atoms with Crippen molar-refractivity contribution >= 4 is 12.0 Å². The van der Waals surface area contributed by atoms with E-state index in [1.807, 2.05) is 13.8 Å². The molecule has 0 spiro atoms. The third kappa shape index (κ3) is 5.06. The number of ether oxygens (including phenoxy) is 1. The van der Waals surface area contributed by atoms with Crippen LogP contribution < -0.4 is 0 Å². The van der Waals surface area contributed by atoms with Crippen molar-refractivity contribution in [3.05, 3.63) is 0 Å². The van der Waals surface area contributed by atoms with Gasteiger partial charge < -0.3 is 14.5 Å². The van der Waals surface area contributed by atoms with Crippen LogP contribution in [-0.2, 0) is 9.53 Å². The number of piperidine rings is 1. The monoisotopic (exact) mass is 436 g/mol. The standard InChI is InChI=1S/C17H23F7N2O3/c1-14(2)9-26(13(28)29-10-14)11-4-7-25(8-5-11)12(27)3-6-15(18,16(19,20)21)17(22,23)24/h11H,3-10H2,1-2H3. The number of likely N-dealkylation sites (tertiary alicyclic amines) is 1. The lowest BCUT2D eigenvalue weighted by atomic mass is 9.91. The van der Waals surface area contributed by atoms with E-state index in [-0.39, 0.29) is 31.2 Å². The van der Waals surface area contributed by atoms with Crippen LogP contribution in [0.5, 0.6) is 0 Å². The van der Waals surface area contributed by atoms with Crippen molar-refractivity contribution in [2.75, 3.05) is 26.2 Å². The molecule has 0 aliphatic carbocycles. The summed E-state index contributed by atoms with van der Waals surface area (Å²) in [5.74, 6) is -0.986. The maximum atomic E-state index is 13.7. The highest BCUT2D eigenvalue weighted by Gasteiger charge is 2.72. The lowest BCUT2D eigenvalue weighted by Crippen LogP contribution is -2.55. The van der Waals surface area contributed by atoms with Crippen molar-refractivity contribution in [2.24, 2.45) is 5.41 Å². The van der Waals surface area contributed by atoms with Gasteiger partial charge in [0.2, 0.25) is 5.91 Å². The first-order valence-electron chi connectivity index (χ1n) is 9.11. The highest BCUT2D eigenvalue weighted by atomic mass is 19.4. The second kappa shape index (κ2) is 7.82. The number of hydrogen-bond acceptors (Lipinski definition) is 3. The van der Waals surface area contributed by atoms with Gasteiger partial charge in [-0.25, -0.2) is 9.18 Å². The summed E-state index contributed by atoms with van der Waals surface area (Å²) in [7, 11) is 0. The largest absolute Gasteiger partial charge is 0.449 e. The SMILES string of the molecule is CC1(C)COC(=O)N(C2CCN(C(=O)CCC(F)(C(F)(F)F)C(F)(F)F)CC2)C1. The normalized spacial score (nSPS) is 21.9. The van der Waals surface area contributed by atoms with E-state index in [9.17, 15) is 40.3 Å². The van der Waals surface area contributed by atoms with Crippen LogP contribution in [0.3, 0.4) is 0 Å². The van der Waals surface area contributed by atoms with E-state index >= 15 is 0 Å². The summed E-state index contributed by atoms with van der Waals surface area (Å²) >= 11 is 0. The summed E-state index contributed by atoms with van der Waals surface area (Å²) in [5, 5.41) is 0.